The number of rotatable bonds is 14. The van der Waals surface area contributed by atoms with Crippen molar-refractivity contribution in [3.63, 3.8) is 0 Å². The lowest BCUT2D eigenvalue weighted by molar-refractivity contribution is -0.172. The van der Waals surface area contributed by atoms with Crippen LogP contribution in [0.5, 0.6) is 0 Å². The van der Waals surface area contributed by atoms with E-state index in [4.69, 9.17) is 14.3 Å². The molecule has 1 aromatic carbocycles. The zero-order valence-corrected chi connectivity index (χ0v) is 25.1. The lowest BCUT2D eigenvalue weighted by Crippen LogP contribution is -2.54. The van der Waals surface area contributed by atoms with E-state index in [1.54, 1.807) is 14.2 Å². The summed E-state index contributed by atoms with van der Waals surface area (Å²) in [7, 11) is 3.26. The molecule has 1 N–H and O–H groups in total. The standard InChI is InChI=1S/C31H49N3O6/c1-7-21(2)22(3)27(38-5)20-28(35)33-16-11-15-26(33)29(39-6)23(4)30(36)32-25(19-24-13-9-8-10-14-24)31(37)34-17-12-18-40-34/h8-10,13-14,21-23,25-27,29H,7,11-12,15-20H2,1-6H3,(H,32,36)/t21-,22-,23+,25-,26-,27+,29+/m0/s1. The van der Waals surface area contributed by atoms with Crippen LogP contribution < -0.4 is 5.32 Å². The molecule has 0 spiro atoms. The molecule has 1 aromatic rings. The van der Waals surface area contributed by atoms with E-state index in [-0.39, 0.29) is 35.8 Å². The van der Waals surface area contributed by atoms with Crippen LogP contribution in [0.25, 0.3) is 0 Å². The summed E-state index contributed by atoms with van der Waals surface area (Å²) in [5.41, 5.74) is 0.947. The minimum Gasteiger partial charge on any atom is -0.381 e. The molecule has 0 aliphatic carbocycles. The number of ether oxygens (including phenoxy) is 2. The molecule has 2 aliphatic rings. The summed E-state index contributed by atoms with van der Waals surface area (Å²) < 4.78 is 11.6. The van der Waals surface area contributed by atoms with Crippen LogP contribution in [-0.4, -0.2) is 85.9 Å². The Morgan fingerprint density at radius 2 is 1.77 bits per heavy atom. The Morgan fingerprint density at radius 1 is 1.05 bits per heavy atom. The molecule has 224 valence electrons. The highest BCUT2D eigenvalue weighted by Gasteiger charge is 2.41. The van der Waals surface area contributed by atoms with Gasteiger partial charge in [0.2, 0.25) is 11.8 Å². The van der Waals surface area contributed by atoms with Crippen LogP contribution in [0.3, 0.4) is 0 Å². The Labute approximate surface area is 239 Å². The number of carbonyl (C=O) groups is 3. The van der Waals surface area contributed by atoms with Crippen molar-refractivity contribution in [3.8, 4) is 0 Å². The molecule has 7 atom stereocenters. The van der Waals surface area contributed by atoms with Crippen molar-refractivity contribution in [2.24, 2.45) is 17.8 Å². The lowest BCUT2D eigenvalue weighted by Gasteiger charge is -2.36. The molecule has 9 nitrogen and oxygen atoms in total. The number of hydroxylamine groups is 2. The minimum atomic E-state index is -0.765. The molecule has 9 heteroatoms. The van der Waals surface area contributed by atoms with E-state index in [0.29, 0.717) is 38.5 Å². The van der Waals surface area contributed by atoms with Gasteiger partial charge in [0, 0.05) is 27.2 Å². The van der Waals surface area contributed by atoms with Gasteiger partial charge in [-0.25, -0.2) is 5.06 Å². The van der Waals surface area contributed by atoms with Crippen LogP contribution >= 0.6 is 0 Å². The number of nitrogens with zero attached hydrogens (tertiary/aromatic N) is 2. The zero-order valence-electron chi connectivity index (χ0n) is 25.1. The molecule has 2 saturated heterocycles. The summed E-state index contributed by atoms with van der Waals surface area (Å²) in [5, 5.41) is 4.34. The maximum Gasteiger partial charge on any atom is 0.269 e. The minimum absolute atomic E-state index is 0.0301. The first-order valence-corrected chi connectivity index (χ1v) is 14.8. The third-order valence-electron chi connectivity index (χ3n) is 8.88. The predicted octanol–water partition coefficient (Wildman–Crippen LogP) is 3.61. The molecular weight excluding hydrogens is 510 g/mol. The third-order valence-corrected chi connectivity index (χ3v) is 8.88. The van der Waals surface area contributed by atoms with Gasteiger partial charge in [0.1, 0.15) is 6.04 Å². The Morgan fingerprint density at radius 3 is 2.38 bits per heavy atom. The van der Waals surface area contributed by atoms with E-state index in [2.05, 4.69) is 26.1 Å². The first-order chi connectivity index (χ1) is 19.2. The third kappa shape index (κ3) is 8.04. The van der Waals surface area contributed by atoms with Crippen LogP contribution in [0.1, 0.15) is 65.4 Å². The van der Waals surface area contributed by atoms with Gasteiger partial charge in [-0.15, -0.1) is 0 Å². The first kappa shape index (κ1) is 32.0. The second-order valence-electron chi connectivity index (χ2n) is 11.4. The number of amides is 3. The highest BCUT2D eigenvalue weighted by molar-refractivity contribution is 5.88. The molecule has 0 bridgehead atoms. The van der Waals surface area contributed by atoms with Crippen molar-refractivity contribution in [2.75, 3.05) is 33.9 Å². The van der Waals surface area contributed by atoms with Crippen molar-refractivity contribution in [1.82, 2.24) is 15.3 Å². The molecule has 3 amide bonds. The number of hydrogen-bond acceptors (Lipinski definition) is 6. The van der Waals surface area contributed by atoms with E-state index in [0.717, 1.165) is 31.2 Å². The molecular formula is C31H49N3O6. The Balaban J connectivity index is 1.71. The molecule has 0 saturated carbocycles. The number of likely N-dealkylation sites (tertiary alicyclic amines) is 1. The number of carbonyl (C=O) groups excluding carboxylic acids is 3. The lowest BCUT2D eigenvalue weighted by atomic mass is 9.87. The topological polar surface area (TPSA) is 97.4 Å². The van der Waals surface area contributed by atoms with Gasteiger partial charge >= 0.3 is 0 Å². The second kappa shape index (κ2) is 15.5. The van der Waals surface area contributed by atoms with Crippen LogP contribution in [-0.2, 0) is 35.1 Å². The highest BCUT2D eigenvalue weighted by atomic mass is 16.7. The molecule has 40 heavy (non-hydrogen) atoms. The summed E-state index contributed by atoms with van der Waals surface area (Å²) in [4.78, 5) is 47.8. The van der Waals surface area contributed by atoms with Crippen molar-refractivity contribution < 1.29 is 28.7 Å². The monoisotopic (exact) mass is 559 g/mol. The molecule has 3 rings (SSSR count). The quantitative estimate of drug-likeness (QED) is 0.374. The number of hydrogen-bond donors (Lipinski definition) is 1. The van der Waals surface area contributed by atoms with Gasteiger partial charge in [-0.3, -0.25) is 19.2 Å². The molecule has 0 unspecified atom stereocenters. The van der Waals surface area contributed by atoms with Gasteiger partial charge < -0.3 is 19.7 Å². The van der Waals surface area contributed by atoms with Gasteiger partial charge in [-0.1, -0.05) is 64.4 Å². The largest absolute Gasteiger partial charge is 0.381 e. The Hall–Kier alpha value is -2.49. The van der Waals surface area contributed by atoms with Crippen molar-refractivity contribution in [2.45, 2.75) is 90.5 Å². The van der Waals surface area contributed by atoms with E-state index in [9.17, 15) is 14.4 Å². The first-order valence-electron chi connectivity index (χ1n) is 14.8. The van der Waals surface area contributed by atoms with E-state index in [1.165, 1.54) is 5.06 Å². The average molecular weight is 560 g/mol. The summed E-state index contributed by atoms with van der Waals surface area (Å²) in [6, 6.07) is 8.64. The SMILES string of the molecule is CC[C@H](C)[C@H](C)[C@@H](CC(=O)N1CCC[C@H]1[C@H](OC)[C@@H](C)C(=O)N[C@@H](Cc1ccccc1)C(=O)N1CCCO1)OC. The van der Waals surface area contributed by atoms with E-state index >= 15 is 0 Å². The highest BCUT2D eigenvalue weighted by Crippen LogP contribution is 2.29. The van der Waals surface area contributed by atoms with E-state index in [1.807, 2.05) is 42.2 Å². The van der Waals surface area contributed by atoms with Crippen LogP contribution in [0, 0.1) is 17.8 Å². The molecule has 0 radical (unpaired) electrons. The van der Waals surface area contributed by atoms with Gasteiger partial charge in [0.05, 0.1) is 43.7 Å². The smallest absolute Gasteiger partial charge is 0.269 e. The summed E-state index contributed by atoms with van der Waals surface area (Å²) in [6.45, 7) is 9.92. The molecule has 2 fully saturated rings. The average Bonchev–Trinajstić information content (AvgIpc) is 3.68. The maximum atomic E-state index is 13.6. The predicted molar refractivity (Wildman–Crippen MR) is 153 cm³/mol. The van der Waals surface area contributed by atoms with Crippen molar-refractivity contribution in [1.29, 1.82) is 0 Å². The molecule has 2 aliphatic heterocycles. The summed E-state index contributed by atoms with van der Waals surface area (Å²) >= 11 is 0. The van der Waals surface area contributed by atoms with E-state index < -0.39 is 18.1 Å². The van der Waals surface area contributed by atoms with Gasteiger partial charge in [0.25, 0.3) is 5.91 Å². The summed E-state index contributed by atoms with van der Waals surface area (Å²) in [6.07, 6.45) is 3.40. The van der Waals surface area contributed by atoms with Crippen molar-refractivity contribution >= 4 is 17.7 Å². The fraction of sp³-hybridized carbons (Fsp3) is 0.710. The fourth-order valence-electron chi connectivity index (χ4n) is 5.95. The summed E-state index contributed by atoms with van der Waals surface area (Å²) in [5.74, 6) is -0.385. The molecule has 0 aromatic heterocycles. The number of nitrogens with one attached hydrogen (secondary N) is 1. The van der Waals surface area contributed by atoms with Gasteiger partial charge in [-0.2, -0.15) is 0 Å². The zero-order chi connectivity index (χ0) is 29.2. The van der Waals surface area contributed by atoms with Crippen LogP contribution in [0.15, 0.2) is 30.3 Å². The van der Waals surface area contributed by atoms with Gasteiger partial charge in [-0.05, 0) is 36.7 Å². The fourth-order valence-corrected chi connectivity index (χ4v) is 5.95. The Bertz CT molecular complexity index is 954. The second-order valence-corrected chi connectivity index (χ2v) is 11.4. The number of methoxy groups -OCH3 is 2. The number of benzene rings is 1. The Kier molecular flexibility index (Phi) is 12.4. The van der Waals surface area contributed by atoms with Crippen LogP contribution in [0.2, 0.25) is 0 Å². The van der Waals surface area contributed by atoms with Gasteiger partial charge in [0.15, 0.2) is 0 Å². The maximum absolute atomic E-state index is 13.6. The van der Waals surface area contributed by atoms with Crippen molar-refractivity contribution in [3.05, 3.63) is 35.9 Å². The van der Waals surface area contributed by atoms with Crippen LogP contribution in [0.4, 0.5) is 0 Å². The normalized spacial score (nSPS) is 21.9. The molecule has 2 heterocycles.